The summed E-state index contributed by atoms with van der Waals surface area (Å²) in [6.45, 7) is 5.87. The second-order valence-corrected chi connectivity index (χ2v) is 8.46. The number of anilines is 2. The molecule has 3 aromatic heterocycles. The zero-order valence-corrected chi connectivity index (χ0v) is 20.4. The van der Waals surface area contributed by atoms with E-state index in [9.17, 15) is 4.79 Å². The number of rotatable bonds is 10. The highest BCUT2D eigenvalue weighted by Crippen LogP contribution is 2.27. The van der Waals surface area contributed by atoms with E-state index < -0.39 is 0 Å². The third-order valence-corrected chi connectivity index (χ3v) is 5.96. The molecule has 35 heavy (non-hydrogen) atoms. The Morgan fingerprint density at radius 2 is 1.89 bits per heavy atom. The van der Waals surface area contributed by atoms with Crippen molar-refractivity contribution in [2.45, 2.75) is 32.6 Å². The Bertz CT molecular complexity index is 1290. The van der Waals surface area contributed by atoms with Gasteiger partial charge in [-0.2, -0.15) is 0 Å². The number of amides is 1. The first kappa shape index (κ1) is 24.1. The van der Waals surface area contributed by atoms with Gasteiger partial charge in [0.05, 0.1) is 16.8 Å². The summed E-state index contributed by atoms with van der Waals surface area (Å²) in [7, 11) is 1.63. The Morgan fingerprint density at radius 3 is 2.66 bits per heavy atom. The summed E-state index contributed by atoms with van der Waals surface area (Å²) in [6, 6.07) is 13.6. The summed E-state index contributed by atoms with van der Waals surface area (Å²) in [5.41, 5.74) is 4.28. The average Bonchev–Trinajstić information content (AvgIpc) is 2.91. The molecule has 8 heteroatoms. The molecule has 4 rings (SSSR count). The van der Waals surface area contributed by atoms with Crippen LogP contribution in [0.25, 0.3) is 22.2 Å². The van der Waals surface area contributed by atoms with Crippen LogP contribution in [0.3, 0.4) is 0 Å². The largest absolute Gasteiger partial charge is 0.370 e. The normalized spacial score (nSPS) is 11.7. The van der Waals surface area contributed by atoms with Gasteiger partial charge in [0.1, 0.15) is 18.0 Å². The van der Waals surface area contributed by atoms with Crippen LogP contribution in [0.2, 0.25) is 0 Å². The van der Waals surface area contributed by atoms with Crippen LogP contribution in [0.15, 0.2) is 61.2 Å². The fraction of sp³-hybridized carbons (Fsp3) is 0.296. The number of hydrogen-bond acceptors (Lipinski definition) is 7. The molecule has 0 unspecified atom stereocenters. The SMILES string of the molecule is CCCCNc1ccc(-c2cc(NC[C@@H](C)c3cccc4c(C(=O)NC)ccnc34)ncn2)cn1. The van der Waals surface area contributed by atoms with Crippen molar-refractivity contribution in [3.63, 3.8) is 0 Å². The molecule has 0 radical (unpaired) electrons. The van der Waals surface area contributed by atoms with E-state index in [-0.39, 0.29) is 11.8 Å². The van der Waals surface area contributed by atoms with E-state index in [0.717, 1.165) is 58.7 Å². The lowest BCUT2D eigenvalue weighted by Crippen LogP contribution is -2.18. The van der Waals surface area contributed by atoms with Crippen LogP contribution in [0.4, 0.5) is 11.6 Å². The highest BCUT2D eigenvalue weighted by molar-refractivity contribution is 6.06. The molecule has 0 saturated heterocycles. The fourth-order valence-electron chi connectivity index (χ4n) is 3.95. The van der Waals surface area contributed by atoms with E-state index in [1.54, 1.807) is 25.6 Å². The van der Waals surface area contributed by atoms with Crippen LogP contribution < -0.4 is 16.0 Å². The first-order valence-electron chi connectivity index (χ1n) is 12.0. The maximum Gasteiger partial charge on any atom is 0.251 e. The Labute approximate surface area is 205 Å². The predicted octanol–water partition coefficient (Wildman–Crippen LogP) is 4.87. The number of para-hydroxylation sites is 1. The van der Waals surface area contributed by atoms with E-state index in [1.807, 2.05) is 36.5 Å². The number of carbonyl (C=O) groups excluding carboxylic acids is 1. The topological polar surface area (TPSA) is 105 Å². The summed E-state index contributed by atoms with van der Waals surface area (Å²) in [5, 5.41) is 10.3. The quantitative estimate of drug-likeness (QED) is 0.285. The van der Waals surface area contributed by atoms with Crippen molar-refractivity contribution in [3.8, 4) is 11.3 Å². The van der Waals surface area contributed by atoms with Crippen LogP contribution in [-0.2, 0) is 0 Å². The summed E-state index contributed by atoms with van der Waals surface area (Å²) in [5.74, 6) is 1.63. The first-order valence-corrected chi connectivity index (χ1v) is 12.0. The monoisotopic (exact) mass is 469 g/mol. The number of pyridine rings is 2. The van der Waals surface area contributed by atoms with Crippen molar-refractivity contribution in [1.82, 2.24) is 25.3 Å². The van der Waals surface area contributed by atoms with E-state index in [2.05, 4.69) is 55.8 Å². The summed E-state index contributed by atoms with van der Waals surface area (Å²) in [4.78, 5) is 30.1. The van der Waals surface area contributed by atoms with Crippen molar-refractivity contribution in [3.05, 3.63) is 72.3 Å². The van der Waals surface area contributed by atoms with Crippen molar-refractivity contribution in [1.29, 1.82) is 0 Å². The van der Waals surface area contributed by atoms with Crippen LogP contribution in [0.5, 0.6) is 0 Å². The molecule has 8 nitrogen and oxygen atoms in total. The van der Waals surface area contributed by atoms with Crippen molar-refractivity contribution in [2.75, 3.05) is 30.8 Å². The Morgan fingerprint density at radius 1 is 1.00 bits per heavy atom. The lowest BCUT2D eigenvalue weighted by Gasteiger charge is -2.16. The van der Waals surface area contributed by atoms with Gasteiger partial charge in [0.2, 0.25) is 0 Å². The van der Waals surface area contributed by atoms with Gasteiger partial charge < -0.3 is 16.0 Å². The third kappa shape index (κ3) is 5.71. The molecule has 0 aliphatic heterocycles. The lowest BCUT2D eigenvalue weighted by molar-refractivity contribution is 0.0964. The summed E-state index contributed by atoms with van der Waals surface area (Å²) < 4.78 is 0. The van der Waals surface area contributed by atoms with Gasteiger partial charge in [-0.3, -0.25) is 9.78 Å². The molecular formula is C27H31N7O. The van der Waals surface area contributed by atoms with Gasteiger partial charge in [-0.15, -0.1) is 0 Å². The van der Waals surface area contributed by atoms with Crippen molar-refractivity contribution >= 4 is 28.4 Å². The number of carbonyl (C=O) groups is 1. The smallest absolute Gasteiger partial charge is 0.251 e. The maximum absolute atomic E-state index is 12.3. The third-order valence-electron chi connectivity index (χ3n) is 5.96. The molecule has 3 heterocycles. The van der Waals surface area contributed by atoms with Gasteiger partial charge >= 0.3 is 0 Å². The fourth-order valence-corrected chi connectivity index (χ4v) is 3.95. The van der Waals surface area contributed by atoms with Crippen LogP contribution in [0.1, 0.15) is 48.5 Å². The van der Waals surface area contributed by atoms with Crippen LogP contribution in [-0.4, -0.2) is 46.0 Å². The molecule has 0 aliphatic rings. The number of nitrogens with zero attached hydrogens (tertiary/aromatic N) is 4. The molecule has 0 aliphatic carbocycles. The molecule has 1 amide bonds. The number of benzene rings is 1. The van der Waals surface area contributed by atoms with Gasteiger partial charge in [0, 0.05) is 55.5 Å². The number of nitrogens with one attached hydrogen (secondary N) is 3. The molecular weight excluding hydrogens is 438 g/mol. The van der Waals surface area contributed by atoms with Crippen molar-refractivity contribution < 1.29 is 4.79 Å². The zero-order valence-electron chi connectivity index (χ0n) is 20.4. The number of unbranched alkanes of at least 4 members (excludes halogenated alkanes) is 1. The molecule has 0 spiro atoms. The van der Waals surface area contributed by atoms with E-state index in [0.29, 0.717) is 12.1 Å². The second-order valence-electron chi connectivity index (χ2n) is 8.46. The number of aromatic nitrogens is 4. The molecule has 3 N–H and O–H groups in total. The predicted molar refractivity (Wildman–Crippen MR) is 141 cm³/mol. The van der Waals surface area contributed by atoms with E-state index in [4.69, 9.17) is 0 Å². The molecule has 0 saturated carbocycles. The minimum absolute atomic E-state index is 0.117. The van der Waals surface area contributed by atoms with Crippen LogP contribution >= 0.6 is 0 Å². The van der Waals surface area contributed by atoms with Crippen LogP contribution in [0, 0.1) is 0 Å². The molecule has 0 fully saturated rings. The molecule has 1 aromatic carbocycles. The minimum Gasteiger partial charge on any atom is -0.370 e. The Kier molecular flexibility index (Phi) is 7.82. The molecule has 1 atom stereocenters. The average molecular weight is 470 g/mol. The lowest BCUT2D eigenvalue weighted by atomic mass is 9.96. The first-order chi connectivity index (χ1) is 17.1. The minimum atomic E-state index is -0.117. The Balaban J connectivity index is 1.46. The highest BCUT2D eigenvalue weighted by Gasteiger charge is 2.15. The van der Waals surface area contributed by atoms with Crippen molar-refractivity contribution in [2.24, 2.45) is 0 Å². The van der Waals surface area contributed by atoms with Gasteiger partial charge in [-0.25, -0.2) is 15.0 Å². The molecule has 0 bridgehead atoms. The molecule has 180 valence electrons. The molecule has 4 aromatic rings. The number of fused-ring (bicyclic) bond motifs is 1. The van der Waals surface area contributed by atoms with Gasteiger partial charge in [0.25, 0.3) is 5.91 Å². The summed E-state index contributed by atoms with van der Waals surface area (Å²) >= 11 is 0. The zero-order chi connectivity index (χ0) is 24.6. The van der Waals surface area contributed by atoms with E-state index >= 15 is 0 Å². The second kappa shape index (κ2) is 11.4. The van der Waals surface area contributed by atoms with E-state index in [1.165, 1.54) is 0 Å². The van der Waals surface area contributed by atoms with Gasteiger partial charge in [-0.1, -0.05) is 38.5 Å². The highest BCUT2D eigenvalue weighted by atomic mass is 16.1. The Hall–Kier alpha value is -4.07. The number of hydrogen-bond donors (Lipinski definition) is 3. The standard InChI is InChI=1S/C27H31N7O/c1-4-5-12-29-24-10-9-19(16-32-24)23-14-25(34-17-33-23)31-15-18(2)20-7-6-8-21-22(27(35)28-3)11-13-30-26(20)21/h6-11,13-14,16-18H,4-5,12,15H2,1-3H3,(H,28,35)(H,29,32)(H,31,33,34)/t18-/m1/s1. The summed E-state index contributed by atoms with van der Waals surface area (Å²) in [6.07, 6.45) is 7.34. The maximum atomic E-state index is 12.3. The van der Waals surface area contributed by atoms with Gasteiger partial charge in [0.15, 0.2) is 0 Å². The van der Waals surface area contributed by atoms with Gasteiger partial charge in [-0.05, 0) is 30.2 Å².